The van der Waals surface area contributed by atoms with Crippen LogP contribution in [-0.4, -0.2) is 42.0 Å². The lowest BCUT2D eigenvalue weighted by molar-refractivity contribution is -0.138. The van der Waals surface area contributed by atoms with Gasteiger partial charge in [0, 0.05) is 28.7 Å². The van der Waals surface area contributed by atoms with E-state index in [-0.39, 0.29) is 17.7 Å². The average molecular weight is 445 g/mol. The first kappa shape index (κ1) is 21.3. The summed E-state index contributed by atoms with van der Waals surface area (Å²) >= 11 is 3.25. The summed E-state index contributed by atoms with van der Waals surface area (Å²) in [5, 5.41) is 2.62. The molecule has 1 aliphatic heterocycles. The number of ether oxygens (including phenoxy) is 1. The molecular weight excluding hydrogens is 422 g/mol. The van der Waals surface area contributed by atoms with E-state index in [9.17, 15) is 18.4 Å². The lowest BCUT2D eigenvalue weighted by Gasteiger charge is -2.35. The molecule has 0 bridgehead atoms. The van der Waals surface area contributed by atoms with Crippen molar-refractivity contribution in [2.24, 2.45) is 0 Å². The molecule has 0 spiro atoms. The third kappa shape index (κ3) is 6.30. The van der Waals surface area contributed by atoms with E-state index in [1.54, 1.807) is 24.0 Å². The molecule has 2 unspecified atom stereocenters. The molecule has 1 aliphatic rings. The standard InChI is InChI=1S/C19H23BrF2N2O3/c1-12-5-3-4-10-24(12)18(26)13(2)23-17(25)9-6-14-11-15(20)7-8-16(14)27-19(21)22/h6-9,11-13,19H,3-5,10H2,1-2H3,(H,23,25)/b9-6+. The van der Waals surface area contributed by atoms with E-state index >= 15 is 0 Å². The highest BCUT2D eigenvalue weighted by atomic mass is 79.9. The Bertz CT molecular complexity index is 712. The summed E-state index contributed by atoms with van der Waals surface area (Å²) in [6, 6.07) is 4.01. The molecule has 1 heterocycles. The third-order valence-corrected chi connectivity index (χ3v) is 4.91. The lowest BCUT2D eigenvalue weighted by atomic mass is 10.0. The van der Waals surface area contributed by atoms with Gasteiger partial charge in [-0.15, -0.1) is 0 Å². The second-order valence-electron chi connectivity index (χ2n) is 6.50. The molecule has 1 aromatic carbocycles. The summed E-state index contributed by atoms with van der Waals surface area (Å²) in [4.78, 5) is 26.5. The molecule has 27 heavy (non-hydrogen) atoms. The van der Waals surface area contributed by atoms with Crippen LogP contribution < -0.4 is 10.1 Å². The number of nitrogens with one attached hydrogen (secondary N) is 1. The summed E-state index contributed by atoms with van der Waals surface area (Å²) in [6.45, 7) is 1.38. The molecule has 1 N–H and O–H groups in total. The highest BCUT2D eigenvalue weighted by molar-refractivity contribution is 9.10. The van der Waals surface area contributed by atoms with Gasteiger partial charge in [-0.1, -0.05) is 15.9 Å². The fraction of sp³-hybridized carbons (Fsp3) is 0.474. The van der Waals surface area contributed by atoms with Crippen molar-refractivity contribution in [2.75, 3.05) is 6.54 Å². The van der Waals surface area contributed by atoms with Crippen LogP contribution in [0.15, 0.2) is 28.7 Å². The second kappa shape index (κ2) is 9.82. The summed E-state index contributed by atoms with van der Waals surface area (Å²) in [6.07, 6.45) is 5.60. The first-order valence-electron chi connectivity index (χ1n) is 8.81. The van der Waals surface area contributed by atoms with E-state index in [0.29, 0.717) is 16.6 Å². The van der Waals surface area contributed by atoms with E-state index in [0.717, 1.165) is 19.3 Å². The molecule has 0 radical (unpaired) electrons. The maximum absolute atomic E-state index is 12.5. The number of hydrogen-bond acceptors (Lipinski definition) is 3. The Morgan fingerprint density at radius 1 is 1.37 bits per heavy atom. The molecule has 0 aliphatic carbocycles. The number of hydrogen-bond donors (Lipinski definition) is 1. The maximum Gasteiger partial charge on any atom is 0.387 e. The monoisotopic (exact) mass is 444 g/mol. The van der Waals surface area contributed by atoms with Gasteiger partial charge in [0.15, 0.2) is 0 Å². The number of piperidine rings is 1. The number of likely N-dealkylation sites (tertiary alicyclic amines) is 1. The smallest absolute Gasteiger partial charge is 0.387 e. The van der Waals surface area contributed by atoms with Gasteiger partial charge in [-0.2, -0.15) is 8.78 Å². The average Bonchev–Trinajstić information content (AvgIpc) is 2.61. The van der Waals surface area contributed by atoms with E-state index in [1.807, 2.05) is 6.92 Å². The summed E-state index contributed by atoms with van der Waals surface area (Å²) in [5.41, 5.74) is 0.323. The van der Waals surface area contributed by atoms with Crippen LogP contribution in [0, 0.1) is 0 Å². The van der Waals surface area contributed by atoms with Crippen molar-refractivity contribution < 1.29 is 23.1 Å². The Kier molecular flexibility index (Phi) is 7.77. The number of benzene rings is 1. The van der Waals surface area contributed by atoms with Crippen LogP contribution in [0.25, 0.3) is 6.08 Å². The number of nitrogens with zero attached hydrogens (tertiary/aromatic N) is 1. The normalized spacial score (nSPS) is 18.6. The van der Waals surface area contributed by atoms with E-state index < -0.39 is 18.6 Å². The fourth-order valence-corrected chi connectivity index (χ4v) is 3.39. The Balaban J connectivity index is 2.00. The predicted octanol–water partition coefficient (Wildman–Crippen LogP) is 3.97. The van der Waals surface area contributed by atoms with E-state index in [4.69, 9.17) is 0 Å². The number of rotatable bonds is 6. The topological polar surface area (TPSA) is 58.6 Å². The van der Waals surface area contributed by atoms with Gasteiger partial charge in [0.1, 0.15) is 11.8 Å². The minimum Gasteiger partial charge on any atom is -0.434 e. The van der Waals surface area contributed by atoms with Crippen molar-refractivity contribution in [2.45, 2.75) is 51.8 Å². The van der Waals surface area contributed by atoms with E-state index in [1.165, 1.54) is 18.2 Å². The predicted molar refractivity (Wildman–Crippen MR) is 102 cm³/mol. The summed E-state index contributed by atoms with van der Waals surface area (Å²) in [5.74, 6) is -0.639. The highest BCUT2D eigenvalue weighted by Gasteiger charge is 2.27. The number of carbonyl (C=O) groups excluding carboxylic acids is 2. The Hall–Kier alpha value is -1.96. The van der Waals surface area contributed by atoms with Crippen molar-refractivity contribution in [3.05, 3.63) is 34.3 Å². The van der Waals surface area contributed by atoms with Crippen LogP contribution in [0.5, 0.6) is 5.75 Å². The highest BCUT2D eigenvalue weighted by Crippen LogP contribution is 2.26. The second-order valence-corrected chi connectivity index (χ2v) is 7.42. The first-order chi connectivity index (χ1) is 12.8. The third-order valence-electron chi connectivity index (χ3n) is 4.42. The van der Waals surface area contributed by atoms with Gasteiger partial charge in [-0.25, -0.2) is 0 Å². The van der Waals surface area contributed by atoms with Crippen LogP contribution in [0.2, 0.25) is 0 Å². The molecule has 8 heteroatoms. The van der Waals surface area contributed by atoms with Crippen LogP contribution in [0.3, 0.4) is 0 Å². The molecule has 2 rings (SSSR count). The van der Waals surface area contributed by atoms with Gasteiger partial charge in [-0.3, -0.25) is 9.59 Å². The van der Waals surface area contributed by atoms with Crippen molar-refractivity contribution in [1.29, 1.82) is 0 Å². The molecule has 148 valence electrons. The number of halogens is 3. The molecule has 1 fully saturated rings. The zero-order chi connectivity index (χ0) is 20.0. The molecular formula is C19H23BrF2N2O3. The number of carbonyl (C=O) groups is 2. The van der Waals surface area contributed by atoms with Gasteiger partial charge in [0.25, 0.3) is 0 Å². The van der Waals surface area contributed by atoms with Crippen molar-refractivity contribution in [3.8, 4) is 5.75 Å². The maximum atomic E-state index is 12.5. The van der Waals surface area contributed by atoms with Gasteiger partial charge in [-0.05, 0) is 57.4 Å². The number of amides is 2. The minimum atomic E-state index is -2.96. The molecule has 0 aromatic heterocycles. The van der Waals surface area contributed by atoms with Crippen molar-refractivity contribution in [3.63, 3.8) is 0 Å². The lowest BCUT2D eigenvalue weighted by Crippen LogP contribution is -2.51. The minimum absolute atomic E-state index is 0.0384. The Labute approximate surface area is 165 Å². The van der Waals surface area contributed by atoms with Gasteiger partial charge in [0.2, 0.25) is 11.8 Å². The first-order valence-corrected chi connectivity index (χ1v) is 9.60. The molecule has 2 amide bonds. The SMILES string of the molecule is CC(NC(=O)/C=C/c1cc(Br)ccc1OC(F)F)C(=O)N1CCCCC1C. The quantitative estimate of drug-likeness (QED) is 0.675. The zero-order valence-corrected chi connectivity index (χ0v) is 16.8. The summed E-state index contributed by atoms with van der Waals surface area (Å²) < 4.78 is 30.1. The van der Waals surface area contributed by atoms with Gasteiger partial charge < -0.3 is 15.0 Å². The van der Waals surface area contributed by atoms with Gasteiger partial charge in [0.05, 0.1) is 0 Å². The van der Waals surface area contributed by atoms with Crippen LogP contribution >= 0.6 is 15.9 Å². The van der Waals surface area contributed by atoms with Crippen LogP contribution in [-0.2, 0) is 9.59 Å². The van der Waals surface area contributed by atoms with Gasteiger partial charge >= 0.3 is 6.61 Å². The summed E-state index contributed by atoms with van der Waals surface area (Å²) in [7, 11) is 0. The van der Waals surface area contributed by atoms with Crippen LogP contribution in [0.4, 0.5) is 8.78 Å². The fourth-order valence-electron chi connectivity index (χ4n) is 3.02. The zero-order valence-electron chi connectivity index (χ0n) is 15.3. The Morgan fingerprint density at radius 2 is 2.11 bits per heavy atom. The van der Waals surface area contributed by atoms with Crippen molar-refractivity contribution in [1.82, 2.24) is 10.2 Å². The number of alkyl halides is 2. The molecule has 0 saturated carbocycles. The molecule has 2 atom stereocenters. The molecule has 1 aromatic rings. The molecule has 1 saturated heterocycles. The van der Waals surface area contributed by atoms with E-state index in [2.05, 4.69) is 26.0 Å². The van der Waals surface area contributed by atoms with Crippen molar-refractivity contribution >= 4 is 33.8 Å². The largest absolute Gasteiger partial charge is 0.434 e. The Morgan fingerprint density at radius 3 is 2.78 bits per heavy atom. The molecule has 5 nitrogen and oxygen atoms in total. The van der Waals surface area contributed by atoms with Crippen LogP contribution in [0.1, 0.15) is 38.7 Å².